The summed E-state index contributed by atoms with van der Waals surface area (Å²) in [7, 11) is 0. The first kappa shape index (κ1) is 9.88. The van der Waals surface area contributed by atoms with Crippen LogP contribution in [0.2, 0.25) is 0 Å². The molecule has 2 bridgehead atoms. The number of aliphatic hydroxyl groups excluding tert-OH is 1. The fourth-order valence-electron chi connectivity index (χ4n) is 2.91. The Kier molecular flexibility index (Phi) is 2.06. The molecule has 1 aromatic heterocycles. The van der Waals surface area contributed by atoms with Crippen LogP contribution in [0, 0.1) is 16.7 Å². The van der Waals surface area contributed by atoms with Crippen molar-refractivity contribution in [3.8, 4) is 6.07 Å². The zero-order chi connectivity index (χ0) is 11.2. The molecule has 1 aromatic rings. The third-order valence-electron chi connectivity index (χ3n) is 3.76. The van der Waals surface area contributed by atoms with Crippen LogP contribution in [-0.2, 0) is 4.74 Å². The summed E-state index contributed by atoms with van der Waals surface area (Å²) in [6.45, 7) is 0. The van der Waals surface area contributed by atoms with Crippen LogP contribution < -0.4 is 0 Å². The maximum atomic E-state index is 10.3. The lowest BCUT2D eigenvalue weighted by molar-refractivity contribution is -0.00755. The van der Waals surface area contributed by atoms with Gasteiger partial charge in [0.2, 0.25) is 0 Å². The minimum absolute atomic E-state index is 0.134. The predicted molar refractivity (Wildman–Crippen MR) is 54.2 cm³/mol. The van der Waals surface area contributed by atoms with E-state index in [4.69, 9.17) is 9.15 Å². The van der Waals surface area contributed by atoms with E-state index >= 15 is 0 Å². The molecule has 0 amide bonds. The van der Waals surface area contributed by atoms with Gasteiger partial charge in [-0.1, -0.05) is 0 Å². The quantitative estimate of drug-likeness (QED) is 0.823. The second-order valence-electron chi connectivity index (χ2n) is 4.60. The van der Waals surface area contributed by atoms with Gasteiger partial charge in [-0.05, 0) is 31.4 Å². The number of fused-ring (bicyclic) bond motifs is 2. The standard InChI is InChI=1S/C12H13NO3/c13-7-12(6-8-3-4-10(12)16-8)11(14)9-2-1-5-15-9/h1-2,5,8,10-11,14H,3-4,6H2. The highest BCUT2D eigenvalue weighted by Crippen LogP contribution is 2.53. The summed E-state index contributed by atoms with van der Waals surface area (Å²) in [4.78, 5) is 0. The van der Waals surface area contributed by atoms with Crippen molar-refractivity contribution in [3.63, 3.8) is 0 Å². The van der Waals surface area contributed by atoms with E-state index in [0.29, 0.717) is 12.2 Å². The van der Waals surface area contributed by atoms with Gasteiger partial charge in [0.05, 0.1) is 24.5 Å². The van der Waals surface area contributed by atoms with Crippen molar-refractivity contribution in [1.29, 1.82) is 5.26 Å². The van der Waals surface area contributed by atoms with Crippen molar-refractivity contribution >= 4 is 0 Å². The number of nitrogens with zero attached hydrogens (tertiary/aromatic N) is 1. The monoisotopic (exact) mass is 219 g/mol. The predicted octanol–water partition coefficient (Wildman–Crippen LogP) is 1.77. The molecule has 0 radical (unpaired) electrons. The van der Waals surface area contributed by atoms with Gasteiger partial charge in [-0.25, -0.2) is 0 Å². The van der Waals surface area contributed by atoms with Gasteiger partial charge in [-0.2, -0.15) is 5.26 Å². The zero-order valence-electron chi connectivity index (χ0n) is 8.80. The second-order valence-corrected chi connectivity index (χ2v) is 4.60. The number of hydrogen-bond acceptors (Lipinski definition) is 4. The highest BCUT2D eigenvalue weighted by molar-refractivity contribution is 5.20. The van der Waals surface area contributed by atoms with E-state index in [2.05, 4.69) is 6.07 Å². The summed E-state index contributed by atoms with van der Waals surface area (Å²) in [5, 5.41) is 19.7. The molecule has 4 atom stereocenters. The highest BCUT2D eigenvalue weighted by Gasteiger charge is 2.58. The largest absolute Gasteiger partial charge is 0.467 e. The first-order valence-electron chi connectivity index (χ1n) is 5.54. The average molecular weight is 219 g/mol. The van der Waals surface area contributed by atoms with E-state index in [1.165, 1.54) is 6.26 Å². The molecule has 84 valence electrons. The SMILES string of the molecule is N#CC1(C(O)c2ccco2)CC2CCC1O2. The summed E-state index contributed by atoms with van der Waals surface area (Å²) in [5.41, 5.74) is -0.819. The van der Waals surface area contributed by atoms with Crippen LogP contribution in [0.25, 0.3) is 0 Å². The van der Waals surface area contributed by atoms with Crippen LogP contribution in [0.3, 0.4) is 0 Å². The molecule has 4 unspecified atom stereocenters. The summed E-state index contributed by atoms with van der Waals surface area (Å²) in [6, 6.07) is 5.69. The Labute approximate surface area is 93.4 Å². The van der Waals surface area contributed by atoms with Gasteiger partial charge < -0.3 is 14.3 Å². The van der Waals surface area contributed by atoms with E-state index in [0.717, 1.165) is 12.8 Å². The lowest BCUT2D eigenvalue weighted by Gasteiger charge is -2.31. The number of nitriles is 1. The Morgan fingerprint density at radius 1 is 1.56 bits per heavy atom. The van der Waals surface area contributed by atoms with Gasteiger partial charge in [-0.15, -0.1) is 0 Å². The van der Waals surface area contributed by atoms with Crippen molar-refractivity contribution in [2.45, 2.75) is 37.6 Å². The number of furan rings is 1. The first-order chi connectivity index (χ1) is 7.76. The molecule has 2 saturated heterocycles. The van der Waals surface area contributed by atoms with Gasteiger partial charge in [-0.3, -0.25) is 0 Å². The van der Waals surface area contributed by atoms with Gasteiger partial charge in [0.25, 0.3) is 0 Å². The van der Waals surface area contributed by atoms with Gasteiger partial charge in [0.15, 0.2) is 0 Å². The first-order valence-corrected chi connectivity index (χ1v) is 5.54. The molecule has 2 aliphatic rings. The molecule has 0 spiro atoms. The maximum absolute atomic E-state index is 10.3. The molecule has 0 aliphatic carbocycles. The van der Waals surface area contributed by atoms with Crippen molar-refractivity contribution in [2.75, 3.05) is 0 Å². The Morgan fingerprint density at radius 3 is 2.94 bits per heavy atom. The Morgan fingerprint density at radius 2 is 2.44 bits per heavy atom. The Balaban J connectivity index is 1.95. The maximum Gasteiger partial charge on any atom is 0.134 e. The van der Waals surface area contributed by atoms with E-state index in [-0.39, 0.29) is 12.2 Å². The smallest absolute Gasteiger partial charge is 0.134 e. The third kappa shape index (κ3) is 1.16. The molecule has 2 fully saturated rings. The van der Waals surface area contributed by atoms with Crippen LogP contribution in [0.15, 0.2) is 22.8 Å². The fraction of sp³-hybridized carbons (Fsp3) is 0.583. The van der Waals surface area contributed by atoms with E-state index in [1.54, 1.807) is 12.1 Å². The van der Waals surface area contributed by atoms with Crippen molar-refractivity contribution in [3.05, 3.63) is 24.2 Å². The molecule has 1 N–H and O–H groups in total. The summed E-state index contributed by atoms with van der Waals surface area (Å²) < 4.78 is 10.9. The fourth-order valence-corrected chi connectivity index (χ4v) is 2.91. The summed E-state index contributed by atoms with van der Waals surface area (Å²) in [5.74, 6) is 0.456. The van der Waals surface area contributed by atoms with E-state index < -0.39 is 11.5 Å². The number of rotatable bonds is 2. The van der Waals surface area contributed by atoms with Crippen LogP contribution in [-0.4, -0.2) is 17.3 Å². The van der Waals surface area contributed by atoms with Gasteiger partial charge in [0.1, 0.15) is 17.3 Å². The van der Waals surface area contributed by atoms with E-state index in [1.807, 2.05) is 0 Å². The van der Waals surface area contributed by atoms with E-state index in [9.17, 15) is 10.4 Å². The normalized spacial score (nSPS) is 38.5. The van der Waals surface area contributed by atoms with Crippen LogP contribution in [0.1, 0.15) is 31.1 Å². The number of aliphatic hydroxyl groups is 1. The van der Waals surface area contributed by atoms with Gasteiger partial charge >= 0.3 is 0 Å². The molecular formula is C12H13NO3. The minimum atomic E-state index is -0.886. The van der Waals surface area contributed by atoms with Crippen LogP contribution in [0.5, 0.6) is 0 Å². The van der Waals surface area contributed by atoms with Crippen molar-refractivity contribution in [1.82, 2.24) is 0 Å². The molecule has 3 rings (SSSR count). The third-order valence-corrected chi connectivity index (χ3v) is 3.76. The molecule has 4 heteroatoms. The highest BCUT2D eigenvalue weighted by atomic mass is 16.5. The molecule has 0 aromatic carbocycles. The second kappa shape index (κ2) is 3.34. The average Bonchev–Trinajstić information content (AvgIpc) is 3.03. The Bertz CT molecular complexity index is 422. The zero-order valence-corrected chi connectivity index (χ0v) is 8.80. The number of hydrogen-bond donors (Lipinski definition) is 1. The van der Waals surface area contributed by atoms with Crippen LogP contribution >= 0.6 is 0 Å². The minimum Gasteiger partial charge on any atom is -0.467 e. The molecule has 4 nitrogen and oxygen atoms in total. The topological polar surface area (TPSA) is 66.4 Å². The lowest BCUT2D eigenvalue weighted by Crippen LogP contribution is -2.37. The molecule has 3 heterocycles. The summed E-state index contributed by atoms with van der Waals surface area (Å²) >= 11 is 0. The molecule has 16 heavy (non-hydrogen) atoms. The van der Waals surface area contributed by atoms with Crippen molar-refractivity contribution in [2.24, 2.45) is 5.41 Å². The summed E-state index contributed by atoms with van der Waals surface area (Å²) in [6.07, 6.45) is 3.07. The molecular weight excluding hydrogens is 206 g/mol. The lowest BCUT2D eigenvalue weighted by atomic mass is 9.70. The van der Waals surface area contributed by atoms with Crippen LogP contribution in [0.4, 0.5) is 0 Å². The van der Waals surface area contributed by atoms with Gasteiger partial charge in [0, 0.05) is 0 Å². The molecule has 0 saturated carbocycles. The Hall–Kier alpha value is -1.31. The van der Waals surface area contributed by atoms with Crippen molar-refractivity contribution < 1.29 is 14.3 Å². The number of ether oxygens (including phenoxy) is 1. The molecule has 2 aliphatic heterocycles.